The van der Waals surface area contributed by atoms with Crippen LogP contribution in [-0.4, -0.2) is 81.6 Å². The highest BCUT2D eigenvalue weighted by molar-refractivity contribution is 7.89. The second-order valence-corrected chi connectivity index (χ2v) is 10.2. The van der Waals surface area contributed by atoms with E-state index >= 15 is 0 Å². The molecule has 2 fully saturated rings. The Kier molecular flexibility index (Phi) is 7.22. The first kappa shape index (κ1) is 22.2. The van der Waals surface area contributed by atoms with Crippen LogP contribution in [-0.2, 0) is 21.2 Å². The molecule has 8 heteroatoms. The Morgan fingerprint density at radius 1 is 1.03 bits per heavy atom. The molecule has 0 atom stereocenters. The molecule has 3 heterocycles. The zero-order chi connectivity index (χ0) is 21.7. The maximum absolute atomic E-state index is 13.1. The summed E-state index contributed by atoms with van der Waals surface area (Å²) < 4.78 is 33.2. The Morgan fingerprint density at radius 2 is 1.74 bits per heavy atom. The van der Waals surface area contributed by atoms with Gasteiger partial charge in [0, 0.05) is 45.0 Å². The number of benzene rings is 1. The number of rotatable bonds is 7. The zero-order valence-corrected chi connectivity index (χ0v) is 19.0. The number of sulfonamides is 1. The van der Waals surface area contributed by atoms with Crippen molar-refractivity contribution in [1.29, 1.82) is 0 Å². The van der Waals surface area contributed by atoms with Crippen LogP contribution in [0.4, 0.5) is 5.82 Å². The molecule has 4 rings (SSSR count). The van der Waals surface area contributed by atoms with Gasteiger partial charge in [-0.2, -0.15) is 4.31 Å². The van der Waals surface area contributed by atoms with Gasteiger partial charge in [-0.25, -0.2) is 13.4 Å². The molecule has 0 bridgehead atoms. The van der Waals surface area contributed by atoms with Gasteiger partial charge < -0.3 is 14.5 Å². The molecule has 0 unspecified atom stereocenters. The topological polar surface area (TPSA) is 66.0 Å². The summed E-state index contributed by atoms with van der Waals surface area (Å²) in [4.78, 5) is 9.19. The molecule has 1 aromatic heterocycles. The van der Waals surface area contributed by atoms with Gasteiger partial charge in [0.05, 0.1) is 13.2 Å². The van der Waals surface area contributed by atoms with E-state index in [9.17, 15) is 8.42 Å². The van der Waals surface area contributed by atoms with Crippen molar-refractivity contribution >= 4 is 15.8 Å². The van der Waals surface area contributed by atoms with E-state index in [0.717, 1.165) is 44.7 Å². The lowest BCUT2D eigenvalue weighted by Gasteiger charge is -2.36. The molecule has 0 spiro atoms. The average Bonchev–Trinajstić information content (AvgIpc) is 2.84. The first-order valence-corrected chi connectivity index (χ1v) is 12.5. The number of aromatic nitrogens is 1. The number of anilines is 1. The number of pyridine rings is 1. The molecule has 0 saturated carbocycles. The average molecular weight is 445 g/mol. The zero-order valence-electron chi connectivity index (χ0n) is 18.2. The van der Waals surface area contributed by atoms with Crippen molar-refractivity contribution in [2.24, 2.45) is 0 Å². The van der Waals surface area contributed by atoms with Gasteiger partial charge in [0.1, 0.15) is 10.7 Å². The summed E-state index contributed by atoms with van der Waals surface area (Å²) in [5.74, 6) is 0.806. The number of ether oxygens (including phenoxy) is 1. The molecule has 0 radical (unpaired) electrons. The fraction of sp³-hybridized carbons (Fsp3) is 0.522. The third-order valence-electron chi connectivity index (χ3n) is 6.34. The number of likely N-dealkylation sites (N-methyl/N-ethyl adjacent to an activating group) is 1. The summed E-state index contributed by atoms with van der Waals surface area (Å²) >= 11 is 0. The Morgan fingerprint density at radius 3 is 2.39 bits per heavy atom. The summed E-state index contributed by atoms with van der Waals surface area (Å²) in [6.45, 7) is 5.00. The second-order valence-electron chi connectivity index (χ2n) is 8.30. The van der Waals surface area contributed by atoms with Gasteiger partial charge in [0.15, 0.2) is 0 Å². The molecule has 1 aromatic carbocycles. The van der Waals surface area contributed by atoms with E-state index in [1.807, 2.05) is 12.1 Å². The molecule has 2 aliphatic rings. The Balaban J connectivity index is 1.31. The third-order valence-corrected chi connectivity index (χ3v) is 8.22. The molecule has 0 aliphatic carbocycles. The molecule has 0 N–H and O–H groups in total. The second kappa shape index (κ2) is 10.1. The van der Waals surface area contributed by atoms with E-state index in [-0.39, 0.29) is 4.90 Å². The molecule has 2 aliphatic heterocycles. The van der Waals surface area contributed by atoms with E-state index in [2.05, 4.69) is 46.1 Å². The van der Waals surface area contributed by atoms with Gasteiger partial charge in [-0.15, -0.1) is 0 Å². The van der Waals surface area contributed by atoms with E-state index in [1.54, 1.807) is 10.4 Å². The summed E-state index contributed by atoms with van der Waals surface area (Å²) in [7, 11) is -1.36. The molecule has 7 nitrogen and oxygen atoms in total. The molecule has 2 aromatic rings. The van der Waals surface area contributed by atoms with Crippen LogP contribution >= 0.6 is 0 Å². The third kappa shape index (κ3) is 5.44. The minimum atomic E-state index is -3.50. The molecular weight excluding hydrogens is 412 g/mol. The van der Waals surface area contributed by atoms with Crippen LogP contribution in [0.15, 0.2) is 53.6 Å². The normalized spacial score (nSPS) is 19.1. The van der Waals surface area contributed by atoms with E-state index in [0.29, 0.717) is 32.3 Å². The van der Waals surface area contributed by atoms with Crippen molar-refractivity contribution in [1.82, 2.24) is 14.2 Å². The standard InChI is InChI=1S/C23H32N4O3S/c1-25(12-9-20-5-3-2-4-6-20)21-10-13-27(14-11-21)31(28,29)22-7-8-23(24-19-22)26-15-17-30-18-16-26/h2-8,19,21H,9-18H2,1H3. The van der Waals surface area contributed by atoms with Crippen LogP contribution in [0.2, 0.25) is 0 Å². The fourth-order valence-electron chi connectivity index (χ4n) is 4.31. The number of nitrogens with zero attached hydrogens (tertiary/aromatic N) is 4. The monoisotopic (exact) mass is 444 g/mol. The van der Waals surface area contributed by atoms with Crippen LogP contribution in [0.25, 0.3) is 0 Å². The molecule has 31 heavy (non-hydrogen) atoms. The van der Waals surface area contributed by atoms with Crippen molar-refractivity contribution in [3.63, 3.8) is 0 Å². The molecule has 168 valence electrons. The Bertz CT molecular complexity index is 923. The first-order valence-electron chi connectivity index (χ1n) is 11.1. The van der Waals surface area contributed by atoms with Crippen LogP contribution in [0, 0.1) is 0 Å². The maximum atomic E-state index is 13.1. The first-order chi connectivity index (χ1) is 15.0. The summed E-state index contributed by atoms with van der Waals surface area (Å²) in [5, 5.41) is 0. The van der Waals surface area contributed by atoms with E-state index in [1.165, 1.54) is 11.8 Å². The van der Waals surface area contributed by atoms with Crippen molar-refractivity contribution in [2.45, 2.75) is 30.2 Å². The van der Waals surface area contributed by atoms with Gasteiger partial charge in [0.2, 0.25) is 10.0 Å². The SMILES string of the molecule is CN(CCc1ccccc1)C1CCN(S(=O)(=O)c2ccc(N3CCOCC3)nc2)CC1. The maximum Gasteiger partial charge on any atom is 0.244 e. The quantitative estimate of drug-likeness (QED) is 0.653. The summed E-state index contributed by atoms with van der Waals surface area (Å²) in [6, 6.07) is 14.4. The Labute approximate surface area is 185 Å². The molecular formula is C23H32N4O3S. The summed E-state index contributed by atoms with van der Waals surface area (Å²) in [6.07, 6.45) is 4.21. The highest BCUT2D eigenvalue weighted by Gasteiger charge is 2.31. The number of hydrogen-bond donors (Lipinski definition) is 0. The smallest absolute Gasteiger partial charge is 0.244 e. The lowest BCUT2D eigenvalue weighted by atomic mass is 10.0. The van der Waals surface area contributed by atoms with Crippen molar-refractivity contribution in [3.8, 4) is 0 Å². The van der Waals surface area contributed by atoms with E-state index < -0.39 is 10.0 Å². The van der Waals surface area contributed by atoms with Gasteiger partial charge in [-0.3, -0.25) is 0 Å². The van der Waals surface area contributed by atoms with Gasteiger partial charge in [-0.05, 0) is 44.0 Å². The minimum absolute atomic E-state index is 0.278. The molecule has 0 amide bonds. The predicted octanol–water partition coefficient (Wildman–Crippen LogP) is 2.25. The Hall–Kier alpha value is -2.00. The minimum Gasteiger partial charge on any atom is -0.378 e. The molecule has 2 saturated heterocycles. The summed E-state index contributed by atoms with van der Waals surface area (Å²) in [5.41, 5.74) is 1.34. The van der Waals surface area contributed by atoms with Crippen molar-refractivity contribution in [3.05, 3.63) is 54.2 Å². The van der Waals surface area contributed by atoms with Crippen LogP contribution < -0.4 is 4.90 Å². The van der Waals surface area contributed by atoms with Gasteiger partial charge in [-0.1, -0.05) is 30.3 Å². The lowest BCUT2D eigenvalue weighted by molar-refractivity contribution is 0.122. The van der Waals surface area contributed by atoms with Crippen molar-refractivity contribution < 1.29 is 13.2 Å². The number of hydrogen-bond acceptors (Lipinski definition) is 6. The van der Waals surface area contributed by atoms with Crippen molar-refractivity contribution in [2.75, 3.05) is 57.9 Å². The fourth-order valence-corrected chi connectivity index (χ4v) is 5.73. The predicted molar refractivity (Wildman–Crippen MR) is 122 cm³/mol. The van der Waals surface area contributed by atoms with Crippen LogP contribution in [0.3, 0.4) is 0 Å². The lowest BCUT2D eigenvalue weighted by Crippen LogP contribution is -2.46. The highest BCUT2D eigenvalue weighted by atomic mass is 32.2. The van der Waals surface area contributed by atoms with Gasteiger partial charge in [0.25, 0.3) is 0 Å². The number of morpholine rings is 1. The van der Waals surface area contributed by atoms with Crippen LogP contribution in [0.1, 0.15) is 18.4 Å². The van der Waals surface area contributed by atoms with E-state index in [4.69, 9.17) is 4.74 Å². The number of piperidine rings is 1. The largest absolute Gasteiger partial charge is 0.378 e. The van der Waals surface area contributed by atoms with Crippen LogP contribution in [0.5, 0.6) is 0 Å². The van der Waals surface area contributed by atoms with Gasteiger partial charge >= 0.3 is 0 Å². The highest BCUT2D eigenvalue weighted by Crippen LogP contribution is 2.24.